The maximum atomic E-state index is 14.1. The topological polar surface area (TPSA) is 96.0 Å². The lowest BCUT2D eigenvalue weighted by Gasteiger charge is -2.34. The van der Waals surface area contributed by atoms with Crippen LogP contribution in [0.15, 0.2) is 77.7 Å². The van der Waals surface area contributed by atoms with Gasteiger partial charge in [-0.3, -0.25) is 13.9 Å². The Morgan fingerprint density at radius 1 is 0.951 bits per heavy atom. The minimum absolute atomic E-state index is 0.0152. The molecule has 3 aromatic carbocycles. The molecule has 8 nitrogen and oxygen atoms in total. The molecule has 0 spiro atoms. The summed E-state index contributed by atoms with van der Waals surface area (Å²) >= 11 is 6.02. The number of hydrogen-bond acceptors (Lipinski definition) is 5. The van der Waals surface area contributed by atoms with E-state index in [2.05, 4.69) is 5.32 Å². The van der Waals surface area contributed by atoms with Gasteiger partial charge in [0.2, 0.25) is 11.8 Å². The molecule has 0 aliphatic heterocycles. The molecule has 0 aliphatic carbocycles. The molecular formula is C31H38ClN3O5S. The minimum atomic E-state index is -4.19. The summed E-state index contributed by atoms with van der Waals surface area (Å²) in [6, 6.07) is 19.0. The summed E-state index contributed by atoms with van der Waals surface area (Å²) in [4.78, 5) is 28.8. The molecule has 3 rings (SSSR count). The fourth-order valence-corrected chi connectivity index (χ4v) is 5.95. The Labute approximate surface area is 248 Å². The molecule has 0 saturated carbocycles. The first-order valence-electron chi connectivity index (χ1n) is 13.6. The van der Waals surface area contributed by atoms with E-state index in [0.29, 0.717) is 23.8 Å². The van der Waals surface area contributed by atoms with Gasteiger partial charge in [0.05, 0.1) is 17.2 Å². The number of ether oxygens (including phenoxy) is 1. The van der Waals surface area contributed by atoms with Crippen molar-refractivity contribution in [3.63, 3.8) is 0 Å². The van der Waals surface area contributed by atoms with E-state index >= 15 is 0 Å². The van der Waals surface area contributed by atoms with Crippen LogP contribution < -0.4 is 14.4 Å². The summed E-state index contributed by atoms with van der Waals surface area (Å²) in [6.45, 7) is 9.41. The van der Waals surface area contributed by atoms with Gasteiger partial charge in [0, 0.05) is 17.6 Å². The Morgan fingerprint density at radius 3 is 2.15 bits per heavy atom. The smallest absolute Gasteiger partial charge is 0.264 e. The van der Waals surface area contributed by atoms with Crippen LogP contribution in [0.25, 0.3) is 0 Å². The van der Waals surface area contributed by atoms with E-state index in [9.17, 15) is 18.0 Å². The lowest BCUT2D eigenvalue weighted by molar-refractivity contribution is -0.140. The molecule has 0 fully saturated rings. The maximum absolute atomic E-state index is 14.1. The SMILES string of the molecule is CCOc1ccc(N(CC(=O)N(Cc2ccccc2C)[C@H](CC)C(=O)NC(C)C)S(=O)(=O)c2ccc(Cl)cc2)cc1. The highest BCUT2D eigenvalue weighted by Crippen LogP contribution is 2.27. The summed E-state index contributed by atoms with van der Waals surface area (Å²) in [7, 11) is -4.19. The van der Waals surface area contributed by atoms with E-state index in [-0.39, 0.29) is 29.1 Å². The number of carbonyl (C=O) groups excluding carboxylic acids is 2. The molecule has 1 atom stereocenters. The second-order valence-corrected chi connectivity index (χ2v) is 12.2. The summed E-state index contributed by atoms with van der Waals surface area (Å²) in [6.07, 6.45) is 0.350. The molecule has 3 aromatic rings. The number of amides is 2. The van der Waals surface area contributed by atoms with E-state index in [1.54, 1.807) is 24.3 Å². The summed E-state index contributed by atoms with van der Waals surface area (Å²) in [5, 5.41) is 3.29. The highest BCUT2D eigenvalue weighted by Gasteiger charge is 2.34. The Hall–Kier alpha value is -3.56. The van der Waals surface area contributed by atoms with Gasteiger partial charge >= 0.3 is 0 Å². The predicted molar refractivity (Wildman–Crippen MR) is 163 cm³/mol. The van der Waals surface area contributed by atoms with Crippen molar-refractivity contribution in [2.75, 3.05) is 17.5 Å². The first kappa shape index (κ1) is 32.0. The van der Waals surface area contributed by atoms with Gasteiger partial charge in [0.1, 0.15) is 18.3 Å². The van der Waals surface area contributed by atoms with Crippen molar-refractivity contribution in [3.8, 4) is 5.75 Å². The fourth-order valence-electron chi connectivity index (χ4n) is 4.41. The van der Waals surface area contributed by atoms with E-state index in [0.717, 1.165) is 15.4 Å². The normalized spacial score (nSPS) is 12.1. The molecule has 0 aromatic heterocycles. The van der Waals surface area contributed by atoms with E-state index in [4.69, 9.17) is 16.3 Å². The molecule has 0 aliphatic rings. The quantitative estimate of drug-likeness (QED) is 0.277. The summed E-state index contributed by atoms with van der Waals surface area (Å²) in [5.74, 6) is -0.230. The number of halogens is 1. The average molecular weight is 600 g/mol. The van der Waals surface area contributed by atoms with Crippen LogP contribution >= 0.6 is 11.6 Å². The van der Waals surface area contributed by atoms with E-state index in [1.165, 1.54) is 29.2 Å². The molecule has 220 valence electrons. The lowest BCUT2D eigenvalue weighted by atomic mass is 10.1. The Balaban J connectivity index is 2.07. The van der Waals surface area contributed by atoms with Crippen molar-refractivity contribution in [2.24, 2.45) is 0 Å². The molecule has 1 N–H and O–H groups in total. The van der Waals surface area contributed by atoms with Crippen LogP contribution in [0.3, 0.4) is 0 Å². The number of hydrogen-bond donors (Lipinski definition) is 1. The van der Waals surface area contributed by atoms with Crippen molar-refractivity contribution in [1.82, 2.24) is 10.2 Å². The lowest BCUT2D eigenvalue weighted by Crippen LogP contribution is -2.53. The van der Waals surface area contributed by atoms with Crippen molar-refractivity contribution in [3.05, 3.63) is 88.9 Å². The van der Waals surface area contributed by atoms with E-state index < -0.39 is 28.5 Å². The number of nitrogens with one attached hydrogen (secondary N) is 1. The first-order valence-corrected chi connectivity index (χ1v) is 15.4. The van der Waals surface area contributed by atoms with Gasteiger partial charge in [-0.25, -0.2) is 8.42 Å². The van der Waals surface area contributed by atoms with Gasteiger partial charge in [0.25, 0.3) is 10.0 Å². The van der Waals surface area contributed by atoms with Crippen LogP contribution in [-0.2, 0) is 26.2 Å². The number of aryl methyl sites for hydroxylation is 1. The predicted octanol–water partition coefficient (Wildman–Crippen LogP) is 5.57. The number of benzene rings is 3. The van der Waals surface area contributed by atoms with E-state index in [1.807, 2.05) is 58.9 Å². The molecule has 0 saturated heterocycles. The van der Waals surface area contributed by atoms with Gasteiger partial charge in [-0.2, -0.15) is 0 Å². The zero-order chi connectivity index (χ0) is 30.2. The van der Waals surface area contributed by atoms with Crippen molar-refractivity contribution < 1.29 is 22.7 Å². The van der Waals surface area contributed by atoms with Gasteiger partial charge in [-0.1, -0.05) is 42.8 Å². The zero-order valence-corrected chi connectivity index (χ0v) is 25.7. The van der Waals surface area contributed by atoms with Crippen molar-refractivity contribution in [2.45, 2.75) is 64.6 Å². The van der Waals surface area contributed by atoms with Crippen molar-refractivity contribution >= 4 is 39.1 Å². The Kier molecular flexibility index (Phi) is 11.2. The summed E-state index contributed by atoms with van der Waals surface area (Å²) in [5.41, 5.74) is 2.11. The van der Waals surface area contributed by atoms with Crippen LogP contribution in [-0.4, -0.2) is 50.4 Å². The van der Waals surface area contributed by atoms with Crippen LogP contribution in [0, 0.1) is 6.92 Å². The molecule has 2 amide bonds. The Morgan fingerprint density at radius 2 is 1.59 bits per heavy atom. The first-order chi connectivity index (χ1) is 19.5. The molecule has 0 bridgehead atoms. The molecular weight excluding hydrogens is 562 g/mol. The fraction of sp³-hybridized carbons (Fsp3) is 0.355. The third kappa shape index (κ3) is 8.24. The average Bonchev–Trinajstić information content (AvgIpc) is 2.93. The van der Waals surface area contributed by atoms with Crippen LogP contribution in [0.1, 0.15) is 45.2 Å². The van der Waals surface area contributed by atoms with Crippen LogP contribution in [0.2, 0.25) is 5.02 Å². The highest BCUT2D eigenvalue weighted by molar-refractivity contribution is 7.92. The molecule has 41 heavy (non-hydrogen) atoms. The molecule has 0 unspecified atom stereocenters. The van der Waals surface area contributed by atoms with Crippen molar-refractivity contribution in [1.29, 1.82) is 0 Å². The van der Waals surface area contributed by atoms with Crippen LogP contribution in [0.4, 0.5) is 5.69 Å². The Bertz CT molecular complexity index is 1430. The van der Waals surface area contributed by atoms with Gasteiger partial charge < -0.3 is 15.0 Å². The molecule has 0 heterocycles. The van der Waals surface area contributed by atoms with Crippen LogP contribution in [0.5, 0.6) is 5.75 Å². The summed E-state index contributed by atoms with van der Waals surface area (Å²) < 4.78 is 34.5. The number of anilines is 1. The number of rotatable bonds is 13. The third-order valence-corrected chi connectivity index (χ3v) is 8.58. The second-order valence-electron chi connectivity index (χ2n) is 9.93. The molecule has 0 radical (unpaired) electrons. The van der Waals surface area contributed by atoms with Gasteiger partial charge in [0.15, 0.2) is 0 Å². The maximum Gasteiger partial charge on any atom is 0.264 e. The second kappa shape index (κ2) is 14.4. The molecule has 10 heteroatoms. The van der Waals surface area contributed by atoms with Gasteiger partial charge in [-0.15, -0.1) is 0 Å². The number of sulfonamides is 1. The largest absolute Gasteiger partial charge is 0.494 e. The van der Waals surface area contributed by atoms with Gasteiger partial charge in [-0.05, 0) is 93.8 Å². The standard InChI is InChI=1S/C31H38ClN3O5S/c1-6-29(31(37)33-22(3)4)34(20-24-11-9-8-10-23(24)5)30(36)21-35(26-14-16-27(17-15-26)40-7-2)41(38,39)28-18-12-25(32)13-19-28/h8-19,22,29H,6-7,20-21H2,1-5H3,(H,33,37)/t29-/m1/s1. The minimum Gasteiger partial charge on any atom is -0.494 e. The highest BCUT2D eigenvalue weighted by atomic mass is 35.5. The number of carbonyl (C=O) groups is 2. The monoisotopic (exact) mass is 599 g/mol. The number of nitrogens with zero attached hydrogens (tertiary/aromatic N) is 2. The zero-order valence-electron chi connectivity index (χ0n) is 24.1. The third-order valence-electron chi connectivity index (χ3n) is 6.54.